The highest BCUT2D eigenvalue weighted by molar-refractivity contribution is 9.10. The van der Waals surface area contributed by atoms with Crippen LogP contribution in [0.2, 0.25) is 0 Å². The number of halogens is 1. The van der Waals surface area contributed by atoms with Crippen molar-refractivity contribution in [1.82, 2.24) is 0 Å². The first-order valence-electron chi connectivity index (χ1n) is 3.73. The van der Waals surface area contributed by atoms with E-state index in [0.29, 0.717) is 6.61 Å². The number of hydrogen-bond donors (Lipinski definition) is 0. The van der Waals surface area contributed by atoms with Gasteiger partial charge in [-0.1, -0.05) is 27.8 Å². The average molecular weight is 223 g/mol. The van der Waals surface area contributed by atoms with Crippen molar-refractivity contribution in [3.8, 4) is 17.6 Å². The molecule has 0 aromatic heterocycles. The highest BCUT2D eigenvalue weighted by atomic mass is 79.9. The summed E-state index contributed by atoms with van der Waals surface area (Å²) in [4.78, 5) is 0. The van der Waals surface area contributed by atoms with Crippen LogP contribution in [0.5, 0.6) is 5.75 Å². The molecule has 0 radical (unpaired) electrons. The Morgan fingerprint density at radius 2 is 2.25 bits per heavy atom. The number of ether oxygens (including phenoxy) is 1. The second kappa shape index (κ2) is 3.20. The van der Waals surface area contributed by atoms with Crippen molar-refractivity contribution in [2.24, 2.45) is 0 Å². The van der Waals surface area contributed by atoms with Crippen LogP contribution in [-0.4, -0.2) is 6.61 Å². The highest BCUT2D eigenvalue weighted by Gasteiger charge is 2.04. The molecule has 1 aliphatic rings. The summed E-state index contributed by atoms with van der Waals surface area (Å²) in [5.74, 6) is 6.90. The van der Waals surface area contributed by atoms with Gasteiger partial charge in [-0.2, -0.15) is 0 Å². The number of rotatable bonds is 0. The lowest BCUT2D eigenvalue weighted by atomic mass is 10.1. The molecule has 60 valence electrons. The molecule has 0 N–H and O–H groups in total. The van der Waals surface area contributed by atoms with Crippen molar-refractivity contribution in [2.45, 2.75) is 6.42 Å². The van der Waals surface area contributed by atoms with Gasteiger partial charge in [0.1, 0.15) is 12.4 Å². The molecule has 0 unspecified atom stereocenters. The molecule has 1 nitrogen and oxygen atoms in total. The van der Waals surface area contributed by atoms with Gasteiger partial charge in [0.25, 0.3) is 0 Å². The Hall–Kier alpha value is -0.940. The van der Waals surface area contributed by atoms with Crippen LogP contribution in [-0.2, 0) is 6.42 Å². The molecule has 1 aromatic rings. The summed E-state index contributed by atoms with van der Waals surface area (Å²) in [5.41, 5.74) is 1.16. The molecule has 2 heteroatoms. The maximum Gasteiger partial charge on any atom is 0.149 e. The Labute approximate surface area is 79.9 Å². The number of fused-ring (bicyclic) bond motifs is 1. The molecule has 1 aromatic carbocycles. The van der Waals surface area contributed by atoms with Crippen molar-refractivity contribution in [3.63, 3.8) is 0 Å². The van der Waals surface area contributed by atoms with E-state index < -0.39 is 0 Å². The van der Waals surface area contributed by atoms with Gasteiger partial charge in [0.05, 0.1) is 0 Å². The standard InChI is InChI=1S/C10H7BrO/c11-9-4-5-10-8(7-9)3-1-2-6-12-10/h4-5,7H,3,6H2. The molecular formula is C10H7BrO. The van der Waals surface area contributed by atoms with E-state index in [1.807, 2.05) is 12.1 Å². The summed E-state index contributed by atoms with van der Waals surface area (Å²) >= 11 is 3.41. The molecule has 0 atom stereocenters. The van der Waals surface area contributed by atoms with Gasteiger partial charge in [-0.15, -0.1) is 0 Å². The molecule has 12 heavy (non-hydrogen) atoms. The van der Waals surface area contributed by atoms with Gasteiger partial charge in [-0.05, 0) is 18.2 Å². The summed E-state index contributed by atoms with van der Waals surface area (Å²) < 4.78 is 6.49. The van der Waals surface area contributed by atoms with Gasteiger partial charge in [-0.25, -0.2) is 0 Å². The second-order valence-corrected chi connectivity index (χ2v) is 3.49. The molecule has 0 bridgehead atoms. The Kier molecular flexibility index (Phi) is 2.05. The monoisotopic (exact) mass is 222 g/mol. The quantitative estimate of drug-likeness (QED) is 0.613. The van der Waals surface area contributed by atoms with Crippen LogP contribution in [0.25, 0.3) is 0 Å². The summed E-state index contributed by atoms with van der Waals surface area (Å²) in [6.07, 6.45) is 0.786. The smallest absolute Gasteiger partial charge is 0.149 e. The van der Waals surface area contributed by atoms with E-state index in [0.717, 1.165) is 22.2 Å². The summed E-state index contributed by atoms with van der Waals surface area (Å²) in [6.45, 7) is 0.509. The Bertz CT molecular complexity index is 360. The highest BCUT2D eigenvalue weighted by Crippen LogP contribution is 2.24. The number of hydrogen-bond acceptors (Lipinski definition) is 1. The SMILES string of the molecule is Brc1ccc2c(c1)CC#CCO2. The van der Waals surface area contributed by atoms with Crippen molar-refractivity contribution in [3.05, 3.63) is 28.2 Å². The van der Waals surface area contributed by atoms with E-state index >= 15 is 0 Å². The number of benzene rings is 1. The Morgan fingerprint density at radius 1 is 1.33 bits per heavy atom. The van der Waals surface area contributed by atoms with E-state index in [4.69, 9.17) is 4.74 Å². The normalized spacial score (nSPS) is 13.4. The van der Waals surface area contributed by atoms with E-state index in [1.54, 1.807) is 0 Å². The van der Waals surface area contributed by atoms with E-state index in [-0.39, 0.29) is 0 Å². The van der Waals surface area contributed by atoms with Crippen molar-refractivity contribution >= 4 is 15.9 Å². The average Bonchev–Trinajstić information content (AvgIpc) is 2.28. The van der Waals surface area contributed by atoms with Crippen LogP contribution in [0.1, 0.15) is 5.56 Å². The lowest BCUT2D eigenvalue weighted by Crippen LogP contribution is -1.94. The zero-order valence-corrected chi connectivity index (χ0v) is 8.02. The first-order chi connectivity index (χ1) is 5.86. The molecule has 0 spiro atoms. The third kappa shape index (κ3) is 1.46. The van der Waals surface area contributed by atoms with E-state index in [2.05, 4.69) is 33.8 Å². The topological polar surface area (TPSA) is 9.23 Å². The van der Waals surface area contributed by atoms with Crippen molar-refractivity contribution in [2.75, 3.05) is 6.61 Å². The summed E-state index contributed by atoms with van der Waals surface area (Å²) in [5, 5.41) is 0. The fourth-order valence-electron chi connectivity index (χ4n) is 1.15. The third-order valence-electron chi connectivity index (χ3n) is 1.73. The molecule has 0 fully saturated rings. The Morgan fingerprint density at radius 3 is 3.17 bits per heavy atom. The fraction of sp³-hybridized carbons (Fsp3) is 0.200. The Balaban J connectivity index is 2.44. The van der Waals surface area contributed by atoms with Gasteiger partial charge < -0.3 is 4.74 Å². The fourth-order valence-corrected chi connectivity index (χ4v) is 1.56. The van der Waals surface area contributed by atoms with Crippen LogP contribution in [0.4, 0.5) is 0 Å². The minimum absolute atomic E-state index is 0.509. The molecule has 0 saturated heterocycles. The minimum Gasteiger partial charge on any atom is -0.481 e. The van der Waals surface area contributed by atoms with Gasteiger partial charge in [-0.3, -0.25) is 0 Å². The van der Waals surface area contributed by atoms with Gasteiger partial charge in [0, 0.05) is 16.5 Å². The van der Waals surface area contributed by atoms with E-state index in [1.165, 1.54) is 0 Å². The minimum atomic E-state index is 0.509. The maximum atomic E-state index is 5.41. The van der Waals surface area contributed by atoms with Gasteiger partial charge in [0.15, 0.2) is 0 Å². The van der Waals surface area contributed by atoms with Crippen LogP contribution in [0.15, 0.2) is 22.7 Å². The van der Waals surface area contributed by atoms with Gasteiger partial charge in [0.2, 0.25) is 0 Å². The summed E-state index contributed by atoms with van der Waals surface area (Å²) in [7, 11) is 0. The molecule has 0 saturated carbocycles. The molecule has 2 rings (SSSR count). The summed E-state index contributed by atoms with van der Waals surface area (Å²) in [6, 6.07) is 5.99. The molecule has 0 amide bonds. The zero-order chi connectivity index (χ0) is 8.39. The lowest BCUT2D eigenvalue weighted by Gasteiger charge is -2.05. The van der Waals surface area contributed by atoms with Crippen LogP contribution < -0.4 is 4.74 Å². The predicted octanol–water partition coefficient (Wildman–Crippen LogP) is 2.39. The van der Waals surface area contributed by atoms with Crippen molar-refractivity contribution in [1.29, 1.82) is 0 Å². The van der Waals surface area contributed by atoms with Crippen LogP contribution in [0, 0.1) is 11.8 Å². The molecule has 1 heterocycles. The van der Waals surface area contributed by atoms with Crippen LogP contribution >= 0.6 is 15.9 Å². The predicted molar refractivity (Wildman–Crippen MR) is 51.1 cm³/mol. The van der Waals surface area contributed by atoms with Crippen molar-refractivity contribution < 1.29 is 4.74 Å². The maximum absolute atomic E-state index is 5.41. The third-order valence-corrected chi connectivity index (χ3v) is 2.22. The van der Waals surface area contributed by atoms with E-state index in [9.17, 15) is 0 Å². The lowest BCUT2D eigenvalue weighted by molar-refractivity contribution is 0.369. The second-order valence-electron chi connectivity index (χ2n) is 2.57. The van der Waals surface area contributed by atoms with Gasteiger partial charge >= 0.3 is 0 Å². The van der Waals surface area contributed by atoms with Crippen LogP contribution in [0.3, 0.4) is 0 Å². The first kappa shape index (κ1) is 7.70. The molecule has 1 aliphatic heterocycles. The zero-order valence-electron chi connectivity index (χ0n) is 6.43. The first-order valence-corrected chi connectivity index (χ1v) is 4.52. The molecular weight excluding hydrogens is 216 g/mol. The molecule has 0 aliphatic carbocycles. The largest absolute Gasteiger partial charge is 0.481 e.